The lowest BCUT2D eigenvalue weighted by atomic mass is 9.68. The fourth-order valence-corrected chi connectivity index (χ4v) is 5.38. The molecule has 2 fully saturated rings. The topological polar surface area (TPSA) is 43.5 Å². The monoisotopic (exact) mass is 508 g/mol. The number of epoxide rings is 2. The Bertz CT molecular complexity index is 808. The predicted octanol–water partition coefficient (Wildman–Crippen LogP) is 8.25. The molecule has 0 saturated carbocycles. The molecule has 2 aromatic rings. The van der Waals surface area contributed by atoms with Crippen molar-refractivity contribution in [3.8, 4) is 11.5 Å². The Morgan fingerprint density at radius 2 is 0.973 bits per heavy atom. The van der Waals surface area contributed by atoms with Gasteiger partial charge in [0.05, 0.1) is 13.2 Å². The maximum absolute atomic E-state index is 5.97. The van der Waals surface area contributed by atoms with E-state index in [1.54, 1.807) is 0 Å². The van der Waals surface area contributed by atoms with Crippen LogP contribution in [0, 0.1) is 0 Å². The Kier molecular flexibility index (Phi) is 11.2. The van der Waals surface area contributed by atoms with Crippen LogP contribution in [0.1, 0.15) is 102 Å². The largest absolute Gasteiger partial charge is 0.491 e. The quantitative estimate of drug-likeness (QED) is 0.133. The second-order valence-electron chi connectivity index (χ2n) is 11.0. The molecule has 37 heavy (non-hydrogen) atoms. The van der Waals surface area contributed by atoms with E-state index in [9.17, 15) is 0 Å². The van der Waals surface area contributed by atoms with E-state index >= 15 is 0 Å². The summed E-state index contributed by atoms with van der Waals surface area (Å²) in [6.45, 7) is 7.52. The first-order valence-electron chi connectivity index (χ1n) is 14.9. The van der Waals surface area contributed by atoms with Crippen molar-refractivity contribution in [2.45, 2.75) is 109 Å². The third kappa shape index (κ3) is 9.04. The molecule has 0 aromatic heterocycles. The second kappa shape index (κ2) is 14.8. The maximum atomic E-state index is 5.97. The summed E-state index contributed by atoms with van der Waals surface area (Å²) < 4.78 is 22.6. The third-order valence-corrected chi connectivity index (χ3v) is 7.90. The molecular formula is C33H48O4. The van der Waals surface area contributed by atoms with Gasteiger partial charge in [0.15, 0.2) is 0 Å². The van der Waals surface area contributed by atoms with Gasteiger partial charge in [0.25, 0.3) is 0 Å². The van der Waals surface area contributed by atoms with Gasteiger partial charge in [-0.25, -0.2) is 0 Å². The zero-order valence-corrected chi connectivity index (χ0v) is 23.2. The van der Waals surface area contributed by atoms with Crippen molar-refractivity contribution in [2.24, 2.45) is 0 Å². The molecule has 0 N–H and O–H groups in total. The van der Waals surface area contributed by atoms with E-state index in [1.165, 1.54) is 88.2 Å². The molecule has 4 rings (SSSR count). The molecule has 2 aliphatic rings. The second-order valence-corrected chi connectivity index (χ2v) is 11.0. The highest BCUT2D eigenvalue weighted by atomic mass is 16.6. The molecule has 204 valence electrons. The number of rotatable bonds is 20. The summed E-state index contributed by atoms with van der Waals surface area (Å²) >= 11 is 0. The Balaban J connectivity index is 1.55. The lowest BCUT2D eigenvalue weighted by Gasteiger charge is -2.36. The van der Waals surface area contributed by atoms with Gasteiger partial charge in [0.1, 0.15) is 36.9 Å². The first-order valence-corrected chi connectivity index (χ1v) is 14.9. The van der Waals surface area contributed by atoms with Crippen molar-refractivity contribution in [3.05, 3.63) is 59.7 Å². The van der Waals surface area contributed by atoms with E-state index in [1.807, 2.05) is 0 Å². The maximum Gasteiger partial charge on any atom is 0.119 e. The molecule has 0 amide bonds. The molecule has 2 aromatic carbocycles. The molecule has 0 aliphatic carbocycles. The summed E-state index contributed by atoms with van der Waals surface area (Å²) in [5.41, 5.74) is 2.83. The highest BCUT2D eigenvalue weighted by Gasteiger charge is 2.34. The minimum atomic E-state index is 0.00863. The molecule has 0 radical (unpaired) electrons. The Hall–Kier alpha value is -2.04. The van der Waals surface area contributed by atoms with E-state index in [4.69, 9.17) is 18.9 Å². The molecule has 4 nitrogen and oxygen atoms in total. The van der Waals surface area contributed by atoms with Crippen molar-refractivity contribution in [2.75, 3.05) is 26.4 Å². The van der Waals surface area contributed by atoms with Crippen molar-refractivity contribution < 1.29 is 18.9 Å². The molecule has 2 heterocycles. The smallest absolute Gasteiger partial charge is 0.119 e. The van der Waals surface area contributed by atoms with Gasteiger partial charge < -0.3 is 18.9 Å². The van der Waals surface area contributed by atoms with Gasteiger partial charge in [0, 0.05) is 5.41 Å². The van der Waals surface area contributed by atoms with Crippen LogP contribution in [-0.4, -0.2) is 38.6 Å². The van der Waals surface area contributed by atoms with Crippen LogP contribution in [0.5, 0.6) is 11.5 Å². The van der Waals surface area contributed by atoms with Crippen LogP contribution >= 0.6 is 0 Å². The van der Waals surface area contributed by atoms with Crippen molar-refractivity contribution in [1.82, 2.24) is 0 Å². The lowest BCUT2D eigenvalue weighted by Crippen LogP contribution is -2.28. The molecule has 2 unspecified atom stereocenters. The number of unbranched alkanes of at least 4 members (excludes halogenated alkanes) is 8. The van der Waals surface area contributed by atoms with Crippen LogP contribution in [0.25, 0.3) is 0 Å². The van der Waals surface area contributed by atoms with Gasteiger partial charge in [0.2, 0.25) is 0 Å². The summed E-state index contributed by atoms with van der Waals surface area (Å²) in [7, 11) is 0. The van der Waals surface area contributed by atoms with Gasteiger partial charge in [-0.2, -0.15) is 0 Å². The van der Waals surface area contributed by atoms with E-state index < -0.39 is 0 Å². The van der Waals surface area contributed by atoms with Gasteiger partial charge >= 0.3 is 0 Å². The van der Waals surface area contributed by atoms with E-state index in [0.717, 1.165) is 24.7 Å². The summed E-state index contributed by atoms with van der Waals surface area (Å²) in [6.07, 6.45) is 15.9. The minimum Gasteiger partial charge on any atom is -0.491 e. The number of hydrogen-bond acceptors (Lipinski definition) is 4. The third-order valence-electron chi connectivity index (χ3n) is 7.90. The minimum absolute atomic E-state index is 0.00863. The zero-order valence-electron chi connectivity index (χ0n) is 23.2. The Morgan fingerprint density at radius 3 is 1.32 bits per heavy atom. The normalized spacial score (nSPS) is 18.5. The molecule has 2 atom stereocenters. The lowest BCUT2D eigenvalue weighted by molar-refractivity contribution is 0.262. The first-order chi connectivity index (χ1) is 18.2. The first kappa shape index (κ1) is 28.0. The van der Waals surface area contributed by atoms with Crippen molar-refractivity contribution >= 4 is 0 Å². The van der Waals surface area contributed by atoms with Crippen molar-refractivity contribution in [3.63, 3.8) is 0 Å². The van der Waals surface area contributed by atoms with Gasteiger partial charge in [-0.3, -0.25) is 0 Å². The predicted molar refractivity (Wildman–Crippen MR) is 151 cm³/mol. The standard InChI is InChI=1S/C33H48O4/c1-3-5-7-9-11-21-33(22-12-10-8-6-4-2,27-13-17-29(18-14-27)34-23-31-25-36-31)28-15-19-30(20-16-28)35-24-32-26-37-32/h13-20,31-32H,3-12,21-26H2,1-2H3. The van der Waals surface area contributed by atoms with Gasteiger partial charge in [-0.1, -0.05) is 102 Å². The highest BCUT2D eigenvalue weighted by molar-refractivity contribution is 5.43. The number of ether oxygens (including phenoxy) is 4. The molecule has 0 spiro atoms. The summed E-state index contributed by atoms with van der Waals surface area (Å²) in [5.74, 6) is 1.87. The molecular weight excluding hydrogens is 460 g/mol. The highest BCUT2D eigenvalue weighted by Crippen LogP contribution is 2.43. The van der Waals surface area contributed by atoms with E-state index in [2.05, 4.69) is 62.4 Å². The van der Waals surface area contributed by atoms with Crippen LogP contribution in [-0.2, 0) is 14.9 Å². The molecule has 0 bridgehead atoms. The van der Waals surface area contributed by atoms with Crippen LogP contribution in [0.15, 0.2) is 48.5 Å². The fraction of sp³-hybridized carbons (Fsp3) is 0.636. The summed E-state index contributed by atoms with van der Waals surface area (Å²) in [4.78, 5) is 0. The van der Waals surface area contributed by atoms with E-state index in [-0.39, 0.29) is 17.6 Å². The van der Waals surface area contributed by atoms with Crippen LogP contribution in [0.4, 0.5) is 0 Å². The fourth-order valence-electron chi connectivity index (χ4n) is 5.38. The average Bonchev–Trinajstić information content (AvgIpc) is 3.86. The van der Waals surface area contributed by atoms with Crippen LogP contribution < -0.4 is 9.47 Å². The van der Waals surface area contributed by atoms with Crippen LogP contribution in [0.2, 0.25) is 0 Å². The van der Waals surface area contributed by atoms with E-state index in [0.29, 0.717) is 13.2 Å². The Labute approximate surface area is 225 Å². The van der Waals surface area contributed by atoms with Gasteiger partial charge in [-0.15, -0.1) is 0 Å². The zero-order chi connectivity index (χ0) is 25.8. The average molecular weight is 509 g/mol. The van der Waals surface area contributed by atoms with Crippen LogP contribution in [0.3, 0.4) is 0 Å². The number of hydrogen-bond donors (Lipinski definition) is 0. The summed E-state index contributed by atoms with van der Waals surface area (Å²) in [6, 6.07) is 17.9. The van der Waals surface area contributed by atoms with Gasteiger partial charge in [-0.05, 0) is 48.2 Å². The molecule has 4 heteroatoms. The summed E-state index contributed by atoms with van der Waals surface area (Å²) in [5, 5.41) is 0. The number of benzene rings is 2. The Morgan fingerprint density at radius 1 is 0.595 bits per heavy atom. The molecule has 2 saturated heterocycles. The molecule has 2 aliphatic heterocycles. The van der Waals surface area contributed by atoms with Crippen molar-refractivity contribution in [1.29, 1.82) is 0 Å². The SMILES string of the molecule is CCCCCCCC(CCCCCCC)(c1ccc(OCC2CO2)cc1)c1ccc(OCC2CO2)cc1.